The standard InChI is InChI=1S/C9H11ClN4O2/c1-16-8-3-2-6(4-7(8)10)5-12-13-9(11)14-15/h2-5,15H,1H3,(H3,11,13,14). The first kappa shape index (κ1) is 12.3. The molecule has 0 unspecified atom stereocenters. The molecule has 0 radical (unpaired) electrons. The van der Waals surface area contributed by atoms with E-state index in [9.17, 15) is 0 Å². The van der Waals surface area contributed by atoms with E-state index in [0.29, 0.717) is 10.8 Å². The molecule has 16 heavy (non-hydrogen) atoms. The molecule has 0 heterocycles. The summed E-state index contributed by atoms with van der Waals surface area (Å²) in [6.45, 7) is 0. The molecule has 0 saturated carbocycles. The van der Waals surface area contributed by atoms with Crippen molar-refractivity contribution in [1.29, 1.82) is 5.41 Å². The van der Waals surface area contributed by atoms with Gasteiger partial charge in [0.15, 0.2) is 0 Å². The summed E-state index contributed by atoms with van der Waals surface area (Å²) < 4.78 is 4.99. The van der Waals surface area contributed by atoms with Gasteiger partial charge in [-0.3, -0.25) is 10.6 Å². The van der Waals surface area contributed by atoms with Crippen molar-refractivity contribution in [3.05, 3.63) is 28.8 Å². The molecule has 0 spiro atoms. The summed E-state index contributed by atoms with van der Waals surface area (Å²) in [5, 5.41) is 19.4. The molecule has 6 nitrogen and oxygen atoms in total. The van der Waals surface area contributed by atoms with Crippen molar-refractivity contribution in [2.24, 2.45) is 5.10 Å². The summed E-state index contributed by atoms with van der Waals surface area (Å²) >= 11 is 5.90. The summed E-state index contributed by atoms with van der Waals surface area (Å²) in [4.78, 5) is 0. The summed E-state index contributed by atoms with van der Waals surface area (Å²) in [6, 6.07) is 5.13. The number of hydroxylamine groups is 1. The minimum absolute atomic E-state index is 0.323. The number of nitrogens with zero attached hydrogens (tertiary/aromatic N) is 1. The number of ether oxygens (including phenoxy) is 1. The number of guanidine groups is 1. The molecule has 0 aromatic heterocycles. The predicted molar refractivity (Wildman–Crippen MR) is 61.4 cm³/mol. The van der Waals surface area contributed by atoms with E-state index in [1.807, 2.05) is 0 Å². The normalized spacial score (nSPS) is 10.2. The highest BCUT2D eigenvalue weighted by molar-refractivity contribution is 6.32. The van der Waals surface area contributed by atoms with E-state index >= 15 is 0 Å². The lowest BCUT2D eigenvalue weighted by atomic mass is 10.2. The zero-order valence-corrected chi connectivity index (χ0v) is 9.25. The average molecular weight is 243 g/mol. The Labute approximate surface area is 97.3 Å². The van der Waals surface area contributed by atoms with Gasteiger partial charge < -0.3 is 4.74 Å². The first-order valence-electron chi connectivity index (χ1n) is 4.28. The molecule has 0 aliphatic carbocycles. The summed E-state index contributed by atoms with van der Waals surface area (Å²) in [5.74, 6) is 0.257. The van der Waals surface area contributed by atoms with Crippen molar-refractivity contribution in [1.82, 2.24) is 10.9 Å². The highest BCUT2D eigenvalue weighted by Crippen LogP contribution is 2.24. The van der Waals surface area contributed by atoms with Crippen molar-refractivity contribution in [2.45, 2.75) is 0 Å². The largest absolute Gasteiger partial charge is 0.495 e. The van der Waals surface area contributed by atoms with Crippen LogP contribution in [0.4, 0.5) is 0 Å². The molecule has 0 amide bonds. The number of hydrogen-bond donors (Lipinski definition) is 4. The van der Waals surface area contributed by atoms with Crippen LogP contribution in [-0.2, 0) is 0 Å². The van der Waals surface area contributed by atoms with Gasteiger partial charge in [0.25, 0.3) is 0 Å². The third-order valence-electron chi connectivity index (χ3n) is 1.68. The van der Waals surface area contributed by atoms with E-state index in [-0.39, 0.29) is 5.96 Å². The summed E-state index contributed by atoms with van der Waals surface area (Å²) in [6.07, 6.45) is 1.46. The van der Waals surface area contributed by atoms with Crippen LogP contribution in [0.25, 0.3) is 0 Å². The highest BCUT2D eigenvalue weighted by Gasteiger charge is 1.99. The zero-order chi connectivity index (χ0) is 12.0. The second-order valence-corrected chi connectivity index (χ2v) is 3.16. The van der Waals surface area contributed by atoms with Gasteiger partial charge in [-0.25, -0.2) is 10.9 Å². The molecule has 7 heteroatoms. The molecule has 0 bridgehead atoms. The van der Waals surface area contributed by atoms with Crippen LogP contribution in [0, 0.1) is 5.41 Å². The fourth-order valence-electron chi connectivity index (χ4n) is 0.959. The lowest BCUT2D eigenvalue weighted by molar-refractivity contribution is 0.228. The molecular formula is C9H11ClN4O2. The third-order valence-corrected chi connectivity index (χ3v) is 1.97. The lowest BCUT2D eigenvalue weighted by Gasteiger charge is -2.03. The monoisotopic (exact) mass is 242 g/mol. The van der Waals surface area contributed by atoms with Gasteiger partial charge in [0, 0.05) is 0 Å². The van der Waals surface area contributed by atoms with Crippen molar-refractivity contribution in [3.8, 4) is 5.75 Å². The first-order chi connectivity index (χ1) is 7.67. The maximum Gasteiger partial charge on any atom is 0.233 e. The molecule has 0 atom stereocenters. The van der Waals surface area contributed by atoms with Gasteiger partial charge in [-0.15, -0.1) is 0 Å². The Balaban J connectivity index is 2.68. The van der Waals surface area contributed by atoms with Crippen LogP contribution in [0.1, 0.15) is 5.56 Å². The van der Waals surface area contributed by atoms with Crippen LogP contribution in [0.5, 0.6) is 5.75 Å². The van der Waals surface area contributed by atoms with Gasteiger partial charge in [0.05, 0.1) is 18.3 Å². The Bertz CT molecular complexity index is 408. The Morgan fingerprint density at radius 3 is 2.94 bits per heavy atom. The number of nitrogens with one attached hydrogen (secondary N) is 3. The van der Waals surface area contributed by atoms with Gasteiger partial charge >= 0.3 is 0 Å². The number of benzene rings is 1. The minimum Gasteiger partial charge on any atom is -0.495 e. The molecule has 1 aromatic rings. The van der Waals surface area contributed by atoms with Crippen LogP contribution < -0.4 is 15.6 Å². The van der Waals surface area contributed by atoms with Crippen molar-refractivity contribution in [2.75, 3.05) is 7.11 Å². The van der Waals surface area contributed by atoms with E-state index in [1.165, 1.54) is 13.3 Å². The topological polar surface area (TPSA) is 89.7 Å². The number of methoxy groups -OCH3 is 1. The molecule has 0 aliphatic rings. The molecule has 4 N–H and O–H groups in total. The average Bonchev–Trinajstić information content (AvgIpc) is 2.29. The fourth-order valence-corrected chi connectivity index (χ4v) is 1.23. The summed E-state index contributed by atoms with van der Waals surface area (Å²) in [7, 11) is 1.53. The zero-order valence-electron chi connectivity index (χ0n) is 8.49. The van der Waals surface area contributed by atoms with E-state index in [2.05, 4.69) is 10.5 Å². The molecule has 0 aliphatic heterocycles. The Hall–Kier alpha value is -1.79. The van der Waals surface area contributed by atoms with Crippen LogP contribution in [0.3, 0.4) is 0 Å². The maximum absolute atomic E-state index is 8.30. The Morgan fingerprint density at radius 2 is 2.38 bits per heavy atom. The molecule has 1 rings (SSSR count). The first-order valence-corrected chi connectivity index (χ1v) is 4.66. The SMILES string of the molecule is COc1ccc(C=NNC(=N)NO)cc1Cl. The molecule has 1 aromatic carbocycles. The van der Waals surface area contributed by atoms with E-state index in [1.54, 1.807) is 23.7 Å². The van der Waals surface area contributed by atoms with Crippen LogP contribution in [0.2, 0.25) is 5.02 Å². The molecular weight excluding hydrogens is 232 g/mol. The predicted octanol–water partition coefficient (Wildman–Crippen LogP) is 1.19. The lowest BCUT2D eigenvalue weighted by Crippen LogP contribution is -2.30. The second-order valence-electron chi connectivity index (χ2n) is 2.75. The van der Waals surface area contributed by atoms with Crippen molar-refractivity contribution >= 4 is 23.8 Å². The van der Waals surface area contributed by atoms with Gasteiger partial charge in [0.1, 0.15) is 5.75 Å². The van der Waals surface area contributed by atoms with Gasteiger partial charge in [0.2, 0.25) is 5.96 Å². The van der Waals surface area contributed by atoms with Crippen LogP contribution in [-0.4, -0.2) is 24.5 Å². The van der Waals surface area contributed by atoms with E-state index in [0.717, 1.165) is 5.56 Å². The fraction of sp³-hybridized carbons (Fsp3) is 0.111. The van der Waals surface area contributed by atoms with E-state index < -0.39 is 0 Å². The van der Waals surface area contributed by atoms with E-state index in [4.69, 9.17) is 27.0 Å². The van der Waals surface area contributed by atoms with Crippen LogP contribution in [0.15, 0.2) is 23.3 Å². The van der Waals surface area contributed by atoms with Gasteiger partial charge in [-0.2, -0.15) is 5.10 Å². The maximum atomic E-state index is 8.30. The van der Waals surface area contributed by atoms with Gasteiger partial charge in [-0.1, -0.05) is 11.6 Å². The number of rotatable bonds is 3. The summed E-state index contributed by atoms with van der Waals surface area (Å²) in [5.41, 5.74) is 4.58. The highest BCUT2D eigenvalue weighted by atomic mass is 35.5. The number of halogens is 1. The number of hydrogen-bond acceptors (Lipinski definition) is 4. The Morgan fingerprint density at radius 1 is 1.62 bits per heavy atom. The van der Waals surface area contributed by atoms with Crippen LogP contribution >= 0.6 is 11.6 Å². The smallest absolute Gasteiger partial charge is 0.233 e. The van der Waals surface area contributed by atoms with Gasteiger partial charge in [-0.05, 0) is 23.8 Å². The van der Waals surface area contributed by atoms with Crippen molar-refractivity contribution < 1.29 is 9.94 Å². The molecule has 0 saturated heterocycles. The Kier molecular flexibility index (Phi) is 4.56. The quantitative estimate of drug-likeness (QED) is 0.364. The second kappa shape index (κ2) is 5.94. The molecule has 0 fully saturated rings. The third kappa shape index (κ3) is 3.41. The molecule has 86 valence electrons. The minimum atomic E-state index is -0.323. The number of hydrazone groups is 1. The van der Waals surface area contributed by atoms with Crippen molar-refractivity contribution in [3.63, 3.8) is 0 Å².